The molecule has 6 heteroatoms. The standard InChI is InChI=1S/C14H19NO3S2/c1-11(20-9-12-5-3-2-4-6-12)14(18)15-7-8-19-10-13(16)17/h2-6,11H,7-10H2,1H3,(H,15,18)(H,16,17). The van der Waals surface area contributed by atoms with Crippen LogP contribution in [0.1, 0.15) is 12.5 Å². The average Bonchev–Trinajstić information content (AvgIpc) is 2.45. The van der Waals surface area contributed by atoms with Crippen molar-refractivity contribution >= 4 is 35.4 Å². The highest BCUT2D eigenvalue weighted by Gasteiger charge is 2.12. The summed E-state index contributed by atoms with van der Waals surface area (Å²) in [6, 6.07) is 10.0. The Labute approximate surface area is 127 Å². The fraction of sp³-hybridized carbons (Fsp3) is 0.429. The van der Waals surface area contributed by atoms with Gasteiger partial charge in [-0.3, -0.25) is 9.59 Å². The van der Waals surface area contributed by atoms with Gasteiger partial charge in [0.25, 0.3) is 0 Å². The van der Waals surface area contributed by atoms with Gasteiger partial charge in [0.15, 0.2) is 0 Å². The van der Waals surface area contributed by atoms with Crippen LogP contribution in [0.3, 0.4) is 0 Å². The monoisotopic (exact) mass is 313 g/mol. The number of carbonyl (C=O) groups excluding carboxylic acids is 1. The summed E-state index contributed by atoms with van der Waals surface area (Å²) in [4.78, 5) is 22.1. The molecule has 0 aliphatic rings. The molecule has 0 bridgehead atoms. The van der Waals surface area contributed by atoms with Crippen molar-refractivity contribution in [3.05, 3.63) is 35.9 Å². The van der Waals surface area contributed by atoms with Crippen molar-refractivity contribution < 1.29 is 14.7 Å². The zero-order valence-corrected chi connectivity index (χ0v) is 13.0. The van der Waals surface area contributed by atoms with Gasteiger partial charge in [0.05, 0.1) is 11.0 Å². The van der Waals surface area contributed by atoms with E-state index < -0.39 is 5.97 Å². The number of benzene rings is 1. The molecule has 1 aromatic carbocycles. The van der Waals surface area contributed by atoms with Gasteiger partial charge in [-0.1, -0.05) is 30.3 Å². The molecule has 0 saturated heterocycles. The number of aliphatic carboxylic acids is 1. The second kappa shape index (κ2) is 9.72. The van der Waals surface area contributed by atoms with E-state index in [-0.39, 0.29) is 16.9 Å². The Bertz CT molecular complexity index is 426. The Hall–Kier alpha value is -1.14. The molecular formula is C14H19NO3S2. The predicted molar refractivity (Wildman–Crippen MR) is 85.2 cm³/mol. The van der Waals surface area contributed by atoms with E-state index in [9.17, 15) is 9.59 Å². The van der Waals surface area contributed by atoms with E-state index in [1.807, 2.05) is 37.3 Å². The lowest BCUT2D eigenvalue weighted by atomic mass is 10.2. The first-order chi connectivity index (χ1) is 9.59. The van der Waals surface area contributed by atoms with Gasteiger partial charge in [0.2, 0.25) is 5.91 Å². The summed E-state index contributed by atoms with van der Waals surface area (Å²) in [6.07, 6.45) is 0. The van der Waals surface area contributed by atoms with Crippen molar-refractivity contribution in [2.75, 3.05) is 18.1 Å². The fourth-order valence-corrected chi connectivity index (χ4v) is 2.86. The van der Waals surface area contributed by atoms with Gasteiger partial charge in [0, 0.05) is 18.1 Å². The van der Waals surface area contributed by atoms with Crippen molar-refractivity contribution in [3.8, 4) is 0 Å². The number of rotatable bonds is 9. The van der Waals surface area contributed by atoms with Crippen molar-refractivity contribution in [3.63, 3.8) is 0 Å². The summed E-state index contributed by atoms with van der Waals surface area (Å²) in [6.45, 7) is 2.39. The van der Waals surface area contributed by atoms with Crippen LogP contribution in [-0.4, -0.2) is 40.3 Å². The number of carbonyl (C=O) groups is 2. The molecule has 0 spiro atoms. The van der Waals surface area contributed by atoms with Crippen LogP contribution in [0.4, 0.5) is 0 Å². The molecule has 1 rings (SSSR count). The van der Waals surface area contributed by atoms with Crippen LogP contribution in [0.15, 0.2) is 30.3 Å². The topological polar surface area (TPSA) is 66.4 Å². The molecule has 0 aliphatic carbocycles. The first-order valence-corrected chi connectivity index (χ1v) is 8.52. The number of thioether (sulfide) groups is 2. The van der Waals surface area contributed by atoms with E-state index >= 15 is 0 Å². The lowest BCUT2D eigenvalue weighted by Crippen LogP contribution is -2.32. The van der Waals surface area contributed by atoms with Crippen LogP contribution in [0.2, 0.25) is 0 Å². The third-order valence-corrected chi connectivity index (χ3v) is 4.64. The minimum Gasteiger partial charge on any atom is -0.481 e. The molecule has 0 heterocycles. The molecular weight excluding hydrogens is 294 g/mol. The average molecular weight is 313 g/mol. The maximum Gasteiger partial charge on any atom is 0.313 e. The lowest BCUT2D eigenvalue weighted by molar-refractivity contribution is -0.133. The number of carboxylic acids is 1. The van der Waals surface area contributed by atoms with E-state index in [1.165, 1.54) is 17.3 Å². The molecule has 1 amide bonds. The molecule has 1 unspecified atom stereocenters. The number of nitrogens with one attached hydrogen (secondary N) is 1. The molecule has 0 fully saturated rings. The van der Waals surface area contributed by atoms with Gasteiger partial charge < -0.3 is 10.4 Å². The summed E-state index contributed by atoms with van der Waals surface area (Å²) < 4.78 is 0. The summed E-state index contributed by atoms with van der Waals surface area (Å²) in [5.74, 6) is 0.681. The van der Waals surface area contributed by atoms with Gasteiger partial charge in [-0.15, -0.1) is 23.5 Å². The Morgan fingerprint density at radius 3 is 2.65 bits per heavy atom. The fourth-order valence-electron chi connectivity index (χ4n) is 1.42. The summed E-state index contributed by atoms with van der Waals surface area (Å²) in [5.41, 5.74) is 1.20. The van der Waals surface area contributed by atoms with Gasteiger partial charge in [-0.25, -0.2) is 0 Å². The Kier molecular flexibility index (Phi) is 8.22. The summed E-state index contributed by atoms with van der Waals surface area (Å²) >= 11 is 2.90. The summed E-state index contributed by atoms with van der Waals surface area (Å²) in [7, 11) is 0. The number of hydrogen-bond donors (Lipinski definition) is 2. The molecule has 1 aromatic rings. The van der Waals surface area contributed by atoms with E-state index in [2.05, 4.69) is 5.32 Å². The normalized spacial score (nSPS) is 11.8. The maximum absolute atomic E-state index is 11.8. The van der Waals surface area contributed by atoms with E-state index in [0.717, 1.165) is 5.75 Å². The molecule has 2 N–H and O–H groups in total. The lowest BCUT2D eigenvalue weighted by Gasteiger charge is -2.11. The predicted octanol–water partition coefficient (Wildman–Crippen LogP) is 2.24. The second-order valence-electron chi connectivity index (χ2n) is 4.18. The Morgan fingerprint density at radius 2 is 2.00 bits per heavy atom. The highest BCUT2D eigenvalue weighted by Crippen LogP contribution is 2.17. The molecule has 0 saturated carbocycles. The van der Waals surface area contributed by atoms with Crippen molar-refractivity contribution in [1.82, 2.24) is 5.32 Å². The van der Waals surface area contributed by atoms with Crippen LogP contribution in [0.25, 0.3) is 0 Å². The number of hydrogen-bond acceptors (Lipinski definition) is 4. The molecule has 4 nitrogen and oxygen atoms in total. The van der Waals surface area contributed by atoms with Gasteiger partial charge in [-0.2, -0.15) is 0 Å². The van der Waals surface area contributed by atoms with Crippen molar-refractivity contribution in [1.29, 1.82) is 0 Å². The minimum absolute atomic E-state index is 0.00172. The minimum atomic E-state index is -0.826. The second-order valence-corrected chi connectivity index (χ2v) is 6.61. The van der Waals surface area contributed by atoms with Crippen LogP contribution in [-0.2, 0) is 15.3 Å². The van der Waals surface area contributed by atoms with E-state index in [4.69, 9.17) is 5.11 Å². The largest absolute Gasteiger partial charge is 0.481 e. The van der Waals surface area contributed by atoms with Crippen LogP contribution < -0.4 is 5.32 Å². The van der Waals surface area contributed by atoms with Crippen LogP contribution in [0.5, 0.6) is 0 Å². The molecule has 0 aromatic heterocycles. The number of carboxylic acid groups (broad SMARTS) is 1. The number of amides is 1. The Morgan fingerprint density at radius 1 is 1.30 bits per heavy atom. The highest BCUT2D eigenvalue weighted by atomic mass is 32.2. The van der Waals surface area contributed by atoms with Crippen molar-refractivity contribution in [2.45, 2.75) is 17.9 Å². The zero-order chi connectivity index (χ0) is 14.8. The van der Waals surface area contributed by atoms with Gasteiger partial charge in [0.1, 0.15) is 0 Å². The Balaban J connectivity index is 2.14. The van der Waals surface area contributed by atoms with E-state index in [1.54, 1.807) is 11.8 Å². The smallest absolute Gasteiger partial charge is 0.313 e. The van der Waals surface area contributed by atoms with Gasteiger partial charge >= 0.3 is 5.97 Å². The molecule has 1 atom stereocenters. The third-order valence-electron chi connectivity index (χ3n) is 2.48. The van der Waals surface area contributed by atoms with E-state index in [0.29, 0.717) is 12.3 Å². The summed E-state index contributed by atoms with van der Waals surface area (Å²) in [5, 5.41) is 11.2. The van der Waals surface area contributed by atoms with Crippen molar-refractivity contribution in [2.24, 2.45) is 0 Å². The van der Waals surface area contributed by atoms with Crippen LogP contribution in [0, 0.1) is 0 Å². The van der Waals surface area contributed by atoms with Crippen LogP contribution >= 0.6 is 23.5 Å². The maximum atomic E-state index is 11.8. The quantitative estimate of drug-likeness (QED) is 0.685. The zero-order valence-electron chi connectivity index (χ0n) is 11.4. The molecule has 0 aliphatic heterocycles. The molecule has 110 valence electrons. The first-order valence-electron chi connectivity index (χ1n) is 6.32. The molecule has 20 heavy (non-hydrogen) atoms. The first kappa shape index (κ1) is 16.9. The highest BCUT2D eigenvalue weighted by molar-refractivity contribution is 8.00. The van der Waals surface area contributed by atoms with Gasteiger partial charge in [-0.05, 0) is 12.5 Å². The third kappa shape index (κ3) is 7.45. The molecule has 0 radical (unpaired) electrons. The SMILES string of the molecule is CC(SCc1ccccc1)C(=O)NCCSCC(=O)O.